The molecule has 1 aromatic heterocycles. The van der Waals surface area contributed by atoms with Crippen molar-refractivity contribution in [3.8, 4) is 17.3 Å². The van der Waals surface area contributed by atoms with Gasteiger partial charge in [-0.3, -0.25) is 13.9 Å². The van der Waals surface area contributed by atoms with E-state index >= 15 is 0 Å². The van der Waals surface area contributed by atoms with Crippen molar-refractivity contribution in [2.24, 2.45) is 10.2 Å². The van der Waals surface area contributed by atoms with E-state index in [-0.39, 0.29) is 16.3 Å². The Kier molecular flexibility index (Phi) is 5.60. The molecule has 0 atom stereocenters. The van der Waals surface area contributed by atoms with Gasteiger partial charge in [-0.05, 0) is 62.0 Å². The number of nitrogens with zero attached hydrogens (tertiary/aromatic N) is 4. The standard InChI is InChI=1S/C24H20N4O2S/c1-16-12-14-19(15-13-16)27-22(29)21(26-25-18-9-4-3-5-10-18)23(30)28(24(27)31)20-11-7-6-8-17(20)2/h3-15,30H,1-2H3. The van der Waals surface area contributed by atoms with Crippen molar-refractivity contribution in [2.75, 3.05) is 0 Å². The minimum atomic E-state index is -0.545. The largest absolute Gasteiger partial charge is 0.492 e. The van der Waals surface area contributed by atoms with E-state index in [2.05, 4.69) is 10.2 Å². The third-order valence-corrected chi connectivity index (χ3v) is 5.25. The van der Waals surface area contributed by atoms with Gasteiger partial charge in [-0.1, -0.05) is 54.1 Å². The molecule has 1 N–H and O–H groups in total. The van der Waals surface area contributed by atoms with Gasteiger partial charge in [-0.2, -0.15) is 5.11 Å². The molecule has 0 amide bonds. The summed E-state index contributed by atoms with van der Waals surface area (Å²) in [4.78, 5) is 13.4. The van der Waals surface area contributed by atoms with E-state index in [1.54, 1.807) is 12.1 Å². The summed E-state index contributed by atoms with van der Waals surface area (Å²) in [6.07, 6.45) is 0. The first-order valence-corrected chi connectivity index (χ1v) is 10.1. The first-order valence-electron chi connectivity index (χ1n) is 9.68. The summed E-state index contributed by atoms with van der Waals surface area (Å²) in [7, 11) is 0. The van der Waals surface area contributed by atoms with E-state index in [9.17, 15) is 9.90 Å². The average Bonchev–Trinajstić information content (AvgIpc) is 2.77. The van der Waals surface area contributed by atoms with Crippen LogP contribution in [0.2, 0.25) is 0 Å². The van der Waals surface area contributed by atoms with Crippen LogP contribution in [0.1, 0.15) is 11.1 Å². The quantitative estimate of drug-likeness (QED) is 0.315. The highest BCUT2D eigenvalue weighted by Gasteiger charge is 2.20. The minimum Gasteiger partial charge on any atom is -0.492 e. The Balaban J connectivity index is 2.04. The lowest BCUT2D eigenvalue weighted by Gasteiger charge is -2.17. The summed E-state index contributed by atoms with van der Waals surface area (Å²) < 4.78 is 2.95. The third kappa shape index (κ3) is 3.95. The summed E-state index contributed by atoms with van der Waals surface area (Å²) in [5, 5.41) is 19.3. The lowest BCUT2D eigenvalue weighted by Crippen LogP contribution is -2.23. The van der Waals surface area contributed by atoms with Crippen molar-refractivity contribution in [1.29, 1.82) is 0 Å². The van der Waals surface area contributed by atoms with Crippen LogP contribution in [0.4, 0.5) is 11.4 Å². The lowest BCUT2D eigenvalue weighted by atomic mass is 10.2. The van der Waals surface area contributed by atoms with Crippen LogP contribution >= 0.6 is 12.2 Å². The van der Waals surface area contributed by atoms with E-state index in [4.69, 9.17) is 12.2 Å². The van der Waals surface area contributed by atoms with Crippen molar-refractivity contribution in [1.82, 2.24) is 9.13 Å². The first kappa shape index (κ1) is 20.4. The Bertz CT molecular complexity index is 1390. The molecule has 0 aliphatic rings. The molecule has 4 aromatic rings. The Morgan fingerprint density at radius 2 is 1.45 bits per heavy atom. The van der Waals surface area contributed by atoms with Gasteiger partial charge in [0.2, 0.25) is 11.6 Å². The fraction of sp³-hybridized carbons (Fsp3) is 0.0833. The number of azo groups is 1. The highest BCUT2D eigenvalue weighted by Crippen LogP contribution is 2.30. The van der Waals surface area contributed by atoms with E-state index < -0.39 is 5.56 Å². The summed E-state index contributed by atoms with van der Waals surface area (Å²) in [6, 6.07) is 23.9. The van der Waals surface area contributed by atoms with Crippen LogP contribution in [0.25, 0.3) is 11.4 Å². The topological polar surface area (TPSA) is 71.9 Å². The molecule has 7 heteroatoms. The van der Waals surface area contributed by atoms with Gasteiger partial charge in [-0.15, -0.1) is 5.11 Å². The van der Waals surface area contributed by atoms with Gasteiger partial charge >= 0.3 is 0 Å². The van der Waals surface area contributed by atoms with Gasteiger partial charge in [0.25, 0.3) is 5.56 Å². The molecule has 6 nitrogen and oxygen atoms in total. The number of hydrogen-bond acceptors (Lipinski definition) is 5. The molecule has 0 saturated heterocycles. The number of hydrogen-bond donors (Lipinski definition) is 1. The Morgan fingerprint density at radius 3 is 2.13 bits per heavy atom. The summed E-state index contributed by atoms with van der Waals surface area (Å²) >= 11 is 5.65. The molecule has 31 heavy (non-hydrogen) atoms. The molecule has 0 aliphatic heterocycles. The number of aryl methyl sites for hydroxylation is 2. The van der Waals surface area contributed by atoms with Gasteiger partial charge in [0.1, 0.15) is 0 Å². The van der Waals surface area contributed by atoms with Gasteiger partial charge in [0.05, 0.1) is 17.1 Å². The molecule has 0 aliphatic carbocycles. The van der Waals surface area contributed by atoms with E-state index in [0.29, 0.717) is 17.1 Å². The fourth-order valence-corrected chi connectivity index (χ4v) is 3.60. The van der Waals surface area contributed by atoms with E-state index in [1.165, 1.54) is 9.13 Å². The van der Waals surface area contributed by atoms with Crippen molar-refractivity contribution in [2.45, 2.75) is 13.8 Å². The number of rotatable bonds is 4. The monoisotopic (exact) mass is 428 g/mol. The second kappa shape index (κ2) is 8.49. The molecule has 0 unspecified atom stereocenters. The van der Waals surface area contributed by atoms with Crippen LogP contribution in [-0.4, -0.2) is 14.2 Å². The molecular weight excluding hydrogens is 408 g/mol. The zero-order chi connectivity index (χ0) is 22.0. The van der Waals surface area contributed by atoms with Crippen LogP contribution in [0.5, 0.6) is 5.88 Å². The Labute approximate surface area is 184 Å². The van der Waals surface area contributed by atoms with Crippen LogP contribution in [-0.2, 0) is 0 Å². The predicted octanol–water partition coefficient (Wildman–Crippen LogP) is 6.10. The van der Waals surface area contributed by atoms with Crippen molar-refractivity contribution < 1.29 is 5.11 Å². The molecule has 0 radical (unpaired) electrons. The average molecular weight is 429 g/mol. The molecule has 0 fully saturated rings. The maximum absolute atomic E-state index is 13.4. The number of para-hydroxylation sites is 1. The lowest BCUT2D eigenvalue weighted by molar-refractivity contribution is 0.432. The second-order valence-corrected chi connectivity index (χ2v) is 7.45. The molecule has 154 valence electrons. The maximum Gasteiger partial charge on any atom is 0.290 e. The first-order chi connectivity index (χ1) is 15.0. The van der Waals surface area contributed by atoms with Gasteiger partial charge in [0, 0.05) is 0 Å². The smallest absolute Gasteiger partial charge is 0.290 e. The van der Waals surface area contributed by atoms with Gasteiger partial charge in [-0.25, -0.2) is 0 Å². The van der Waals surface area contributed by atoms with E-state index in [0.717, 1.165) is 11.1 Å². The maximum atomic E-state index is 13.4. The molecule has 3 aromatic carbocycles. The highest BCUT2D eigenvalue weighted by atomic mass is 32.1. The Morgan fingerprint density at radius 1 is 0.806 bits per heavy atom. The number of aromatic nitrogens is 2. The van der Waals surface area contributed by atoms with Crippen LogP contribution in [0, 0.1) is 18.6 Å². The normalized spacial score (nSPS) is 11.2. The van der Waals surface area contributed by atoms with Crippen molar-refractivity contribution >= 4 is 23.6 Å². The predicted molar refractivity (Wildman–Crippen MR) is 124 cm³/mol. The molecule has 4 rings (SSSR count). The SMILES string of the molecule is Cc1ccc(-n2c(=O)c(N=Nc3ccccc3)c(O)n(-c3ccccc3C)c2=S)cc1. The molecule has 0 bridgehead atoms. The molecular formula is C24H20N4O2S. The van der Waals surface area contributed by atoms with Gasteiger partial charge in [0.15, 0.2) is 4.77 Å². The third-order valence-electron chi connectivity index (χ3n) is 4.88. The molecule has 0 saturated carbocycles. The van der Waals surface area contributed by atoms with Crippen molar-refractivity contribution in [3.05, 3.63) is 105 Å². The van der Waals surface area contributed by atoms with E-state index in [1.807, 2.05) is 80.6 Å². The summed E-state index contributed by atoms with van der Waals surface area (Å²) in [5.41, 5.74) is 3.00. The van der Waals surface area contributed by atoms with Crippen molar-refractivity contribution in [3.63, 3.8) is 0 Å². The molecule has 1 heterocycles. The highest BCUT2D eigenvalue weighted by molar-refractivity contribution is 7.71. The zero-order valence-corrected chi connectivity index (χ0v) is 17.9. The van der Waals surface area contributed by atoms with Crippen LogP contribution < -0.4 is 5.56 Å². The van der Waals surface area contributed by atoms with Crippen LogP contribution in [0.3, 0.4) is 0 Å². The second-order valence-electron chi connectivity index (χ2n) is 7.09. The fourth-order valence-electron chi connectivity index (χ4n) is 3.23. The Hall–Kier alpha value is -3.84. The number of aromatic hydroxyl groups is 1. The minimum absolute atomic E-state index is 0.138. The van der Waals surface area contributed by atoms with Crippen LogP contribution in [0.15, 0.2) is 93.9 Å². The summed E-state index contributed by atoms with van der Waals surface area (Å²) in [6.45, 7) is 3.87. The number of benzene rings is 3. The molecule has 0 spiro atoms. The zero-order valence-electron chi connectivity index (χ0n) is 17.1. The van der Waals surface area contributed by atoms with Gasteiger partial charge < -0.3 is 5.11 Å². The summed E-state index contributed by atoms with van der Waals surface area (Å²) in [5.74, 6) is -0.354.